The van der Waals surface area contributed by atoms with Crippen LogP contribution in [-0.2, 0) is 4.74 Å². The fourth-order valence-electron chi connectivity index (χ4n) is 2.48. The lowest BCUT2D eigenvalue weighted by Gasteiger charge is -2.15. The van der Waals surface area contributed by atoms with Gasteiger partial charge in [-0.15, -0.1) is 0 Å². The molecule has 29 heavy (non-hydrogen) atoms. The zero-order valence-electron chi connectivity index (χ0n) is 16.3. The number of carbonyl (C=O) groups excluding carboxylic acids is 1. The van der Waals surface area contributed by atoms with E-state index in [1.165, 1.54) is 12.1 Å². The Kier molecular flexibility index (Phi) is 6.64. The van der Waals surface area contributed by atoms with Gasteiger partial charge in [0.2, 0.25) is 11.8 Å². The lowest BCUT2D eigenvalue weighted by Crippen LogP contribution is -2.19. The van der Waals surface area contributed by atoms with Crippen molar-refractivity contribution >= 4 is 11.7 Å². The van der Waals surface area contributed by atoms with E-state index < -0.39 is 0 Å². The summed E-state index contributed by atoms with van der Waals surface area (Å²) in [6.45, 7) is 2.21. The first-order valence-corrected chi connectivity index (χ1v) is 8.88. The maximum Gasteiger partial charge on any atom is 0.257 e. The predicted molar refractivity (Wildman–Crippen MR) is 106 cm³/mol. The van der Waals surface area contributed by atoms with Gasteiger partial charge in [-0.1, -0.05) is 0 Å². The minimum atomic E-state index is -0.372. The summed E-state index contributed by atoms with van der Waals surface area (Å²) in [7, 11) is 3.17. The number of nitrogens with one attached hydrogen (secondary N) is 2. The van der Waals surface area contributed by atoms with E-state index in [-0.39, 0.29) is 23.8 Å². The fourth-order valence-corrected chi connectivity index (χ4v) is 2.48. The van der Waals surface area contributed by atoms with Crippen molar-refractivity contribution in [1.29, 1.82) is 0 Å². The van der Waals surface area contributed by atoms with Crippen LogP contribution in [0.4, 0.5) is 5.82 Å². The third kappa shape index (κ3) is 5.69. The van der Waals surface area contributed by atoms with E-state index in [2.05, 4.69) is 20.5 Å². The Labute approximate surface area is 168 Å². The van der Waals surface area contributed by atoms with E-state index >= 15 is 0 Å². The third-order valence-corrected chi connectivity index (χ3v) is 3.79. The standard InChI is InChI=1S/C20H22N4O5/c1-13(12-26-2)28-18-10-14(20(25)22-17-8-9-21-24-17)11-19(23-18)29-16-6-4-15(27-3)5-7-16/h4-11,13H,12H2,1-3H3,(H2,21,22,24,25)/t13-/m1/s1. The Morgan fingerprint density at radius 3 is 2.48 bits per heavy atom. The largest absolute Gasteiger partial charge is 0.497 e. The van der Waals surface area contributed by atoms with Crippen molar-refractivity contribution in [3.8, 4) is 23.3 Å². The molecule has 3 aromatic rings. The molecule has 0 aliphatic rings. The zero-order chi connectivity index (χ0) is 20.6. The minimum absolute atomic E-state index is 0.212. The van der Waals surface area contributed by atoms with Crippen molar-refractivity contribution in [2.24, 2.45) is 0 Å². The molecule has 9 nitrogen and oxygen atoms in total. The number of anilines is 1. The van der Waals surface area contributed by atoms with Crippen molar-refractivity contribution in [2.75, 3.05) is 26.1 Å². The van der Waals surface area contributed by atoms with Gasteiger partial charge in [-0.2, -0.15) is 10.1 Å². The van der Waals surface area contributed by atoms with Gasteiger partial charge in [0, 0.05) is 31.5 Å². The van der Waals surface area contributed by atoms with Crippen LogP contribution in [0.1, 0.15) is 17.3 Å². The van der Waals surface area contributed by atoms with Gasteiger partial charge in [-0.3, -0.25) is 9.89 Å². The first-order chi connectivity index (χ1) is 14.1. The number of amides is 1. The molecule has 0 radical (unpaired) electrons. The van der Waals surface area contributed by atoms with Gasteiger partial charge >= 0.3 is 0 Å². The Morgan fingerprint density at radius 1 is 1.10 bits per heavy atom. The molecule has 1 aromatic carbocycles. The molecular weight excluding hydrogens is 376 g/mol. The van der Waals surface area contributed by atoms with E-state index in [9.17, 15) is 4.79 Å². The van der Waals surface area contributed by atoms with Gasteiger partial charge in [-0.25, -0.2) is 0 Å². The van der Waals surface area contributed by atoms with Gasteiger partial charge in [0.1, 0.15) is 17.6 Å². The highest BCUT2D eigenvalue weighted by atomic mass is 16.5. The molecule has 0 fully saturated rings. The van der Waals surface area contributed by atoms with Crippen LogP contribution in [0.3, 0.4) is 0 Å². The Hall–Kier alpha value is -3.59. The summed E-state index contributed by atoms with van der Waals surface area (Å²) in [6, 6.07) is 11.7. The minimum Gasteiger partial charge on any atom is -0.497 e. The third-order valence-electron chi connectivity index (χ3n) is 3.79. The van der Waals surface area contributed by atoms with Crippen LogP contribution < -0.4 is 19.5 Å². The van der Waals surface area contributed by atoms with Gasteiger partial charge < -0.3 is 24.3 Å². The molecule has 1 amide bonds. The molecule has 2 heterocycles. The lowest BCUT2D eigenvalue weighted by molar-refractivity contribution is 0.0882. The number of rotatable bonds is 9. The predicted octanol–water partition coefficient (Wildman–Crippen LogP) is 3.27. The highest BCUT2D eigenvalue weighted by Gasteiger charge is 2.15. The van der Waals surface area contributed by atoms with Crippen molar-refractivity contribution in [3.05, 3.63) is 54.2 Å². The molecule has 0 bridgehead atoms. The van der Waals surface area contributed by atoms with Crippen LogP contribution in [0.5, 0.6) is 23.3 Å². The molecule has 0 aliphatic heterocycles. The fraction of sp³-hybridized carbons (Fsp3) is 0.250. The molecule has 0 spiro atoms. The zero-order valence-corrected chi connectivity index (χ0v) is 16.3. The van der Waals surface area contributed by atoms with Crippen LogP contribution >= 0.6 is 0 Å². The van der Waals surface area contributed by atoms with E-state index in [0.717, 1.165) is 0 Å². The summed E-state index contributed by atoms with van der Waals surface area (Å²) in [5.41, 5.74) is 0.311. The van der Waals surface area contributed by atoms with E-state index in [1.54, 1.807) is 50.7 Å². The number of pyridine rings is 1. The van der Waals surface area contributed by atoms with Crippen LogP contribution in [0.15, 0.2) is 48.7 Å². The summed E-state index contributed by atoms with van der Waals surface area (Å²) in [5.74, 6) is 1.73. The van der Waals surface area contributed by atoms with Gasteiger partial charge in [-0.05, 0) is 31.2 Å². The summed E-state index contributed by atoms with van der Waals surface area (Å²) in [4.78, 5) is 17.0. The van der Waals surface area contributed by atoms with Crippen LogP contribution in [0, 0.1) is 0 Å². The maximum atomic E-state index is 12.6. The normalized spacial score (nSPS) is 11.6. The number of H-pyrrole nitrogens is 1. The molecule has 152 valence electrons. The first-order valence-electron chi connectivity index (χ1n) is 8.88. The van der Waals surface area contributed by atoms with Gasteiger partial charge in [0.25, 0.3) is 5.91 Å². The van der Waals surface area contributed by atoms with E-state index in [1.807, 2.05) is 6.92 Å². The van der Waals surface area contributed by atoms with Crippen LogP contribution in [0.25, 0.3) is 0 Å². The van der Waals surface area contributed by atoms with Gasteiger partial charge in [0.05, 0.1) is 19.3 Å². The van der Waals surface area contributed by atoms with Crippen LogP contribution in [0.2, 0.25) is 0 Å². The molecule has 9 heteroatoms. The molecule has 2 N–H and O–H groups in total. The van der Waals surface area contributed by atoms with Gasteiger partial charge in [0.15, 0.2) is 5.82 Å². The van der Waals surface area contributed by atoms with E-state index in [0.29, 0.717) is 29.5 Å². The first kappa shape index (κ1) is 20.2. The molecule has 3 rings (SSSR count). The Bertz CT molecular complexity index is 929. The smallest absolute Gasteiger partial charge is 0.257 e. The number of hydrogen-bond donors (Lipinski definition) is 2. The summed E-state index contributed by atoms with van der Waals surface area (Å²) < 4.78 is 21.8. The molecule has 1 atom stereocenters. The number of nitrogens with zero attached hydrogens (tertiary/aromatic N) is 2. The second-order valence-electron chi connectivity index (χ2n) is 6.11. The summed E-state index contributed by atoms with van der Waals surface area (Å²) in [6.07, 6.45) is 1.35. The van der Waals surface area contributed by atoms with Crippen LogP contribution in [-0.4, -0.2) is 48.0 Å². The lowest BCUT2D eigenvalue weighted by atomic mass is 10.2. The molecule has 2 aromatic heterocycles. The van der Waals surface area contributed by atoms with Crippen molar-refractivity contribution < 1.29 is 23.7 Å². The molecule has 0 aliphatic carbocycles. The summed E-state index contributed by atoms with van der Waals surface area (Å²) >= 11 is 0. The summed E-state index contributed by atoms with van der Waals surface area (Å²) in [5, 5.41) is 9.25. The number of benzene rings is 1. The number of methoxy groups -OCH3 is 2. The Morgan fingerprint density at radius 2 is 1.83 bits per heavy atom. The number of ether oxygens (including phenoxy) is 4. The molecule has 0 saturated heterocycles. The number of aromatic amines is 1. The van der Waals surface area contributed by atoms with Crippen molar-refractivity contribution in [3.63, 3.8) is 0 Å². The highest BCUT2D eigenvalue weighted by Crippen LogP contribution is 2.26. The number of hydrogen-bond acceptors (Lipinski definition) is 7. The topological polar surface area (TPSA) is 108 Å². The molecule has 0 saturated carbocycles. The SMILES string of the molecule is COC[C@@H](C)Oc1cc(C(=O)Nc2cc[nH]n2)cc(Oc2ccc(OC)cc2)n1. The monoisotopic (exact) mass is 398 g/mol. The number of carbonyl (C=O) groups is 1. The molecular formula is C20H22N4O5. The Balaban J connectivity index is 1.85. The second kappa shape index (κ2) is 9.56. The average Bonchev–Trinajstić information content (AvgIpc) is 3.21. The molecule has 0 unspecified atom stereocenters. The maximum absolute atomic E-state index is 12.6. The highest BCUT2D eigenvalue weighted by molar-refractivity contribution is 6.04. The van der Waals surface area contributed by atoms with Crippen molar-refractivity contribution in [1.82, 2.24) is 15.2 Å². The van der Waals surface area contributed by atoms with E-state index in [4.69, 9.17) is 18.9 Å². The second-order valence-corrected chi connectivity index (χ2v) is 6.11. The number of aromatic nitrogens is 3. The quantitative estimate of drug-likeness (QED) is 0.569. The average molecular weight is 398 g/mol. The van der Waals surface area contributed by atoms with Crippen molar-refractivity contribution in [2.45, 2.75) is 13.0 Å².